The topological polar surface area (TPSA) is 82.4 Å². The van der Waals surface area contributed by atoms with Crippen LogP contribution in [0.3, 0.4) is 0 Å². The normalized spacial score (nSPS) is 16.5. The van der Waals surface area contributed by atoms with Gasteiger partial charge in [-0.05, 0) is 61.8 Å². The van der Waals surface area contributed by atoms with E-state index in [1.165, 1.54) is 23.1 Å². The number of anilines is 2. The number of halogens is 4. The van der Waals surface area contributed by atoms with Crippen LogP contribution in [-0.2, 0) is 17.4 Å². The first-order chi connectivity index (χ1) is 18.2. The summed E-state index contributed by atoms with van der Waals surface area (Å²) in [5, 5.41) is 9.00. The lowest BCUT2D eigenvalue weighted by Crippen LogP contribution is -2.55. The first-order valence-corrected chi connectivity index (χ1v) is 12.1. The lowest BCUT2D eigenvalue weighted by atomic mass is 9.75. The average Bonchev–Trinajstić information content (AvgIpc) is 3.11. The molecule has 1 spiro atoms. The molecule has 12 heteroatoms. The fraction of sp³-hybridized carbons (Fsp3) is 0.269. The summed E-state index contributed by atoms with van der Waals surface area (Å²) in [5.41, 5.74) is -3.05. The molecule has 2 fully saturated rings. The van der Waals surface area contributed by atoms with Crippen LogP contribution in [0, 0.1) is 17.1 Å². The van der Waals surface area contributed by atoms with E-state index in [2.05, 4.69) is 9.97 Å². The van der Waals surface area contributed by atoms with E-state index in [1.54, 1.807) is 12.3 Å². The minimum Gasteiger partial charge on any atom is -0.490 e. The predicted octanol–water partition coefficient (Wildman–Crippen LogP) is 5.19. The van der Waals surface area contributed by atoms with Gasteiger partial charge in [-0.15, -0.1) is 0 Å². The van der Waals surface area contributed by atoms with Crippen LogP contribution in [0.15, 0.2) is 54.9 Å². The van der Waals surface area contributed by atoms with Crippen molar-refractivity contribution in [2.75, 3.05) is 16.4 Å². The van der Waals surface area contributed by atoms with Crippen molar-refractivity contribution in [2.24, 2.45) is 0 Å². The third-order valence-corrected chi connectivity index (χ3v) is 7.03. The van der Waals surface area contributed by atoms with Crippen molar-refractivity contribution in [3.05, 3.63) is 77.6 Å². The lowest BCUT2D eigenvalue weighted by Gasteiger charge is -2.43. The van der Waals surface area contributed by atoms with Crippen molar-refractivity contribution in [1.82, 2.24) is 9.97 Å². The molecule has 0 radical (unpaired) electrons. The molecule has 1 aliphatic heterocycles. The highest BCUT2D eigenvalue weighted by Crippen LogP contribution is 2.50. The molecule has 0 N–H and O–H groups in total. The summed E-state index contributed by atoms with van der Waals surface area (Å²) in [6, 6.07) is 11.9. The molecule has 3 aromatic rings. The van der Waals surface area contributed by atoms with Crippen molar-refractivity contribution in [1.29, 1.82) is 5.26 Å². The summed E-state index contributed by atoms with van der Waals surface area (Å²) in [6.45, 7) is 0.176. The maximum atomic E-state index is 15.1. The fourth-order valence-corrected chi connectivity index (χ4v) is 5.21. The van der Waals surface area contributed by atoms with E-state index in [1.807, 2.05) is 12.1 Å². The molecule has 7 nitrogen and oxygen atoms in total. The molecule has 194 valence electrons. The number of hydrogen-bond donors (Lipinski definition) is 0. The molecule has 2 aliphatic rings. The SMILES string of the molecule is N#Cc1nccc(N2C(=O)C3(CCC3)N(c3ccc(OCCc4ccccn4)c(F)c3)C2=S)c1C(F)(F)F. The van der Waals surface area contributed by atoms with Gasteiger partial charge in [-0.2, -0.15) is 18.4 Å². The van der Waals surface area contributed by atoms with Crippen molar-refractivity contribution in [3.63, 3.8) is 0 Å². The highest BCUT2D eigenvalue weighted by Gasteiger charge is 2.60. The number of rotatable bonds is 6. The molecule has 2 aromatic heterocycles. The largest absolute Gasteiger partial charge is 0.490 e. The van der Waals surface area contributed by atoms with Gasteiger partial charge in [0.1, 0.15) is 17.2 Å². The van der Waals surface area contributed by atoms with Crippen LogP contribution in [-0.4, -0.2) is 33.1 Å². The van der Waals surface area contributed by atoms with E-state index in [9.17, 15) is 23.2 Å². The third-order valence-electron chi connectivity index (χ3n) is 6.67. The van der Waals surface area contributed by atoms with Crippen LogP contribution in [0.1, 0.15) is 36.2 Å². The summed E-state index contributed by atoms with van der Waals surface area (Å²) in [6.07, 6.45) is -0.551. The maximum absolute atomic E-state index is 15.1. The standard InChI is InChI=1S/C26H19F4N5O2S/c27-18-14-17(5-6-21(18)37-13-8-16-4-1-2-11-32-16)35-24(38)34(23(36)25(35)9-3-10-25)20-7-12-33-19(15-31)22(20)26(28,29)30/h1-2,4-7,11-12,14H,3,8-10,13H2. The number of aromatic nitrogens is 2. The first-order valence-electron chi connectivity index (χ1n) is 11.6. The molecular weight excluding hydrogens is 522 g/mol. The van der Waals surface area contributed by atoms with E-state index in [0.717, 1.165) is 28.9 Å². The number of nitriles is 1. The minimum absolute atomic E-state index is 0.0206. The zero-order valence-corrected chi connectivity index (χ0v) is 20.5. The van der Waals surface area contributed by atoms with Crippen molar-refractivity contribution >= 4 is 34.6 Å². The molecule has 0 bridgehead atoms. The fourth-order valence-electron chi connectivity index (χ4n) is 4.75. The van der Waals surface area contributed by atoms with Gasteiger partial charge < -0.3 is 9.64 Å². The monoisotopic (exact) mass is 541 g/mol. The molecule has 5 rings (SSSR count). The minimum atomic E-state index is -4.97. The van der Waals surface area contributed by atoms with Gasteiger partial charge in [0, 0.05) is 36.3 Å². The number of amides is 1. The van der Waals surface area contributed by atoms with E-state index < -0.39 is 40.4 Å². The molecule has 0 atom stereocenters. The molecule has 1 saturated carbocycles. The Morgan fingerprint density at radius 2 is 1.92 bits per heavy atom. The smallest absolute Gasteiger partial charge is 0.421 e. The Kier molecular flexibility index (Phi) is 6.48. The lowest BCUT2D eigenvalue weighted by molar-refractivity contribution is -0.137. The summed E-state index contributed by atoms with van der Waals surface area (Å²) in [5.74, 6) is -1.39. The van der Waals surface area contributed by atoms with Crippen molar-refractivity contribution < 1.29 is 27.1 Å². The molecule has 38 heavy (non-hydrogen) atoms. The second-order valence-electron chi connectivity index (χ2n) is 8.84. The highest BCUT2D eigenvalue weighted by molar-refractivity contribution is 7.81. The highest BCUT2D eigenvalue weighted by atomic mass is 32.1. The third kappa shape index (κ3) is 4.22. The molecular formula is C26H19F4N5O2S. The zero-order chi connectivity index (χ0) is 27.1. The molecule has 0 unspecified atom stereocenters. The van der Waals surface area contributed by atoms with Crippen LogP contribution in [0.4, 0.5) is 28.9 Å². The number of thiocarbonyl (C=S) groups is 1. The second-order valence-corrected chi connectivity index (χ2v) is 9.21. The Morgan fingerprint density at radius 3 is 2.53 bits per heavy atom. The van der Waals surface area contributed by atoms with Gasteiger partial charge in [-0.25, -0.2) is 9.37 Å². The molecule has 1 saturated heterocycles. The number of benzene rings is 1. The van der Waals surface area contributed by atoms with Gasteiger partial charge in [0.2, 0.25) is 0 Å². The number of alkyl halides is 3. The molecule has 1 aromatic carbocycles. The van der Waals surface area contributed by atoms with Crippen molar-refractivity contribution in [3.8, 4) is 11.8 Å². The number of hydrogen-bond acceptors (Lipinski definition) is 6. The Labute approximate surface area is 220 Å². The van der Waals surface area contributed by atoms with E-state index in [0.29, 0.717) is 25.7 Å². The van der Waals surface area contributed by atoms with Gasteiger partial charge in [0.25, 0.3) is 5.91 Å². The Morgan fingerprint density at radius 1 is 1.13 bits per heavy atom. The first kappa shape index (κ1) is 25.5. The van der Waals surface area contributed by atoms with E-state index in [4.69, 9.17) is 17.0 Å². The van der Waals surface area contributed by atoms with Gasteiger partial charge in [0.15, 0.2) is 22.4 Å². The van der Waals surface area contributed by atoms with Crippen LogP contribution < -0.4 is 14.5 Å². The quantitative estimate of drug-likeness (QED) is 0.314. The van der Waals surface area contributed by atoms with Gasteiger partial charge in [0.05, 0.1) is 12.3 Å². The van der Waals surface area contributed by atoms with Crippen molar-refractivity contribution in [2.45, 2.75) is 37.4 Å². The molecule has 1 aliphatic carbocycles. The molecule has 1 amide bonds. The maximum Gasteiger partial charge on any atom is 0.421 e. The Balaban J connectivity index is 1.46. The van der Waals surface area contributed by atoms with Gasteiger partial charge in [-0.3, -0.25) is 14.7 Å². The van der Waals surface area contributed by atoms with Crippen LogP contribution >= 0.6 is 12.2 Å². The van der Waals surface area contributed by atoms with Crippen LogP contribution in [0.25, 0.3) is 0 Å². The number of ether oxygens (including phenoxy) is 1. The second kappa shape index (κ2) is 9.64. The Bertz CT molecular complexity index is 1450. The Hall–Kier alpha value is -4.11. The predicted molar refractivity (Wildman–Crippen MR) is 133 cm³/mol. The number of nitrogens with zero attached hydrogens (tertiary/aromatic N) is 5. The number of carbonyl (C=O) groups excluding carboxylic acids is 1. The number of pyridine rings is 2. The summed E-state index contributed by atoms with van der Waals surface area (Å²) >= 11 is 5.51. The van der Waals surface area contributed by atoms with Crippen LogP contribution in [0.2, 0.25) is 0 Å². The van der Waals surface area contributed by atoms with Gasteiger partial charge in [-0.1, -0.05) is 6.07 Å². The summed E-state index contributed by atoms with van der Waals surface area (Å²) in [4.78, 5) is 23.5. The van der Waals surface area contributed by atoms with Crippen LogP contribution in [0.5, 0.6) is 5.75 Å². The average molecular weight is 542 g/mol. The van der Waals surface area contributed by atoms with E-state index in [-0.39, 0.29) is 23.2 Å². The summed E-state index contributed by atoms with van der Waals surface area (Å²) in [7, 11) is 0. The van der Waals surface area contributed by atoms with Gasteiger partial charge >= 0.3 is 6.18 Å². The van der Waals surface area contributed by atoms with E-state index >= 15 is 4.39 Å². The molecule has 3 heterocycles. The zero-order valence-electron chi connectivity index (χ0n) is 19.7. The number of carbonyl (C=O) groups is 1. The summed E-state index contributed by atoms with van der Waals surface area (Å²) < 4.78 is 62.5.